The zero-order valence-corrected chi connectivity index (χ0v) is 16.7. The molecule has 0 saturated heterocycles. The number of nitrogens with zero attached hydrogens (tertiary/aromatic N) is 3. The van der Waals surface area contributed by atoms with E-state index >= 15 is 0 Å². The van der Waals surface area contributed by atoms with Crippen LogP contribution in [0.3, 0.4) is 0 Å². The highest BCUT2D eigenvalue weighted by molar-refractivity contribution is 6.07. The largest absolute Gasteiger partial charge is 0.463 e. The molecule has 8 nitrogen and oxygen atoms in total. The lowest BCUT2D eigenvalue weighted by atomic mass is 10.1. The van der Waals surface area contributed by atoms with E-state index in [1.54, 1.807) is 25.1 Å². The maximum atomic E-state index is 13.3. The Balaban J connectivity index is 1.99. The van der Waals surface area contributed by atoms with Crippen molar-refractivity contribution in [1.29, 1.82) is 0 Å². The molecule has 3 aromatic heterocycles. The minimum atomic E-state index is -0.374. The van der Waals surface area contributed by atoms with Crippen molar-refractivity contribution < 1.29 is 18.5 Å². The molecule has 3 rings (SSSR count). The lowest BCUT2D eigenvalue weighted by Crippen LogP contribution is -2.47. The van der Waals surface area contributed by atoms with Gasteiger partial charge in [0.05, 0.1) is 29.5 Å². The molecule has 0 unspecified atom stereocenters. The standard InChI is InChI=1S/C20H24N4O4/c1-6-24(11-16(25)22-20(3,4)5)19(26)13-10-14(15-8-7-9-27-15)21-18-17(13)12(2)23-28-18/h7-10H,6,11H2,1-5H3,(H,22,25). The predicted molar refractivity (Wildman–Crippen MR) is 104 cm³/mol. The molecule has 1 N–H and O–H groups in total. The molecule has 0 saturated carbocycles. The van der Waals surface area contributed by atoms with Crippen LogP contribution in [0, 0.1) is 6.92 Å². The summed E-state index contributed by atoms with van der Waals surface area (Å²) in [5, 5.41) is 7.35. The number of fused-ring (bicyclic) bond motifs is 1. The zero-order valence-electron chi connectivity index (χ0n) is 16.7. The molecule has 0 spiro atoms. The first-order chi connectivity index (χ1) is 13.2. The number of hydrogen-bond acceptors (Lipinski definition) is 6. The van der Waals surface area contributed by atoms with Gasteiger partial charge in [-0.2, -0.15) is 0 Å². The van der Waals surface area contributed by atoms with E-state index in [1.807, 2.05) is 27.7 Å². The third-order valence-electron chi connectivity index (χ3n) is 4.14. The number of pyridine rings is 1. The van der Waals surface area contributed by atoms with Crippen LogP contribution in [0.5, 0.6) is 0 Å². The average molecular weight is 384 g/mol. The van der Waals surface area contributed by atoms with Gasteiger partial charge >= 0.3 is 0 Å². The third-order valence-corrected chi connectivity index (χ3v) is 4.14. The summed E-state index contributed by atoms with van der Waals surface area (Å²) in [7, 11) is 0. The van der Waals surface area contributed by atoms with Crippen LogP contribution >= 0.6 is 0 Å². The van der Waals surface area contributed by atoms with Crippen LogP contribution in [-0.4, -0.2) is 45.5 Å². The van der Waals surface area contributed by atoms with Crippen molar-refractivity contribution in [2.75, 3.05) is 13.1 Å². The van der Waals surface area contributed by atoms with Crippen LogP contribution in [0.15, 0.2) is 33.4 Å². The van der Waals surface area contributed by atoms with Gasteiger partial charge in [0, 0.05) is 12.1 Å². The molecule has 28 heavy (non-hydrogen) atoms. The first-order valence-electron chi connectivity index (χ1n) is 9.11. The first kappa shape index (κ1) is 19.6. The Labute approximate surface area is 162 Å². The number of rotatable bonds is 5. The van der Waals surface area contributed by atoms with E-state index < -0.39 is 0 Å². The number of furan rings is 1. The van der Waals surface area contributed by atoms with Crippen molar-refractivity contribution in [3.05, 3.63) is 35.7 Å². The maximum absolute atomic E-state index is 13.3. The summed E-state index contributed by atoms with van der Waals surface area (Å²) in [4.78, 5) is 31.5. The Kier molecular flexibility index (Phi) is 5.22. The molecule has 3 aromatic rings. The first-order valence-corrected chi connectivity index (χ1v) is 9.11. The lowest BCUT2D eigenvalue weighted by Gasteiger charge is -2.25. The van der Waals surface area contributed by atoms with Crippen LogP contribution in [0.2, 0.25) is 0 Å². The van der Waals surface area contributed by atoms with Gasteiger partial charge in [-0.1, -0.05) is 5.16 Å². The topological polar surface area (TPSA) is 101 Å². The van der Waals surface area contributed by atoms with Gasteiger partial charge in [0.2, 0.25) is 5.91 Å². The van der Waals surface area contributed by atoms with Gasteiger partial charge in [0.25, 0.3) is 11.6 Å². The number of likely N-dealkylation sites (N-methyl/N-ethyl adjacent to an activating group) is 1. The number of hydrogen-bond donors (Lipinski definition) is 1. The zero-order chi connectivity index (χ0) is 20.5. The highest BCUT2D eigenvalue weighted by Crippen LogP contribution is 2.28. The molecule has 0 radical (unpaired) electrons. The Morgan fingerprint density at radius 3 is 2.64 bits per heavy atom. The molecule has 0 aliphatic carbocycles. The molecule has 0 atom stereocenters. The average Bonchev–Trinajstić information content (AvgIpc) is 3.27. The minimum Gasteiger partial charge on any atom is -0.463 e. The number of carbonyl (C=O) groups is 2. The van der Waals surface area contributed by atoms with Gasteiger partial charge < -0.3 is 19.2 Å². The second-order valence-electron chi connectivity index (χ2n) is 7.60. The fourth-order valence-corrected chi connectivity index (χ4v) is 2.94. The molecule has 8 heteroatoms. The Bertz CT molecular complexity index is 999. The van der Waals surface area contributed by atoms with E-state index in [9.17, 15) is 9.59 Å². The van der Waals surface area contributed by atoms with Crippen molar-refractivity contribution in [3.8, 4) is 11.5 Å². The van der Waals surface area contributed by atoms with E-state index in [0.717, 1.165) is 0 Å². The number of amides is 2. The summed E-state index contributed by atoms with van der Waals surface area (Å²) in [6.45, 7) is 9.59. The van der Waals surface area contributed by atoms with Gasteiger partial charge in [-0.05, 0) is 52.8 Å². The summed E-state index contributed by atoms with van der Waals surface area (Å²) in [6.07, 6.45) is 1.53. The van der Waals surface area contributed by atoms with E-state index in [-0.39, 0.29) is 29.6 Å². The molecule has 2 amide bonds. The van der Waals surface area contributed by atoms with E-state index in [4.69, 9.17) is 8.94 Å². The molecule has 3 heterocycles. The second-order valence-corrected chi connectivity index (χ2v) is 7.60. The predicted octanol–water partition coefficient (Wildman–Crippen LogP) is 3.17. The summed E-state index contributed by atoms with van der Waals surface area (Å²) >= 11 is 0. The van der Waals surface area contributed by atoms with Crippen molar-refractivity contribution >= 4 is 22.9 Å². The van der Waals surface area contributed by atoms with Crippen molar-refractivity contribution in [1.82, 2.24) is 20.4 Å². The summed E-state index contributed by atoms with van der Waals surface area (Å²) in [6, 6.07) is 5.14. The van der Waals surface area contributed by atoms with Crippen LogP contribution in [0.25, 0.3) is 22.6 Å². The molecular formula is C20H24N4O4. The molecular weight excluding hydrogens is 360 g/mol. The van der Waals surface area contributed by atoms with Crippen molar-refractivity contribution in [3.63, 3.8) is 0 Å². The maximum Gasteiger partial charge on any atom is 0.259 e. The van der Waals surface area contributed by atoms with E-state index in [0.29, 0.717) is 34.6 Å². The second kappa shape index (κ2) is 7.46. The Morgan fingerprint density at radius 2 is 2.04 bits per heavy atom. The van der Waals surface area contributed by atoms with E-state index in [1.165, 1.54) is 11.2 Å². The van der Waals surface area contributed by atoms with Gasteiger partial charge in [0.15, 0.2) is 5.76 Å². The quantitative estimate of drug-likeness (QED) is 0.725. The monoisotopic (exact) mass is 384 g/mol. The normalized spacial score (nSPS) is 11.6. The van der Waals surface area contributed by atoms with Crippen LogP contribution in [0.1, 0.15) is 43.7 Å². The molecule has 0 bridgehead atoms. The highest BCUT2D eigenvalue weighted by atomic mass is 16.5. The SMILES string of the molecule is CCN(CC(=O)NC(C)(C)C)C(=O)c1cc(-c2ccco2)nc2onc(C)c12. The lowest BCUT2D eigenvalue weighted by molar-refractivity contribution is -0.123. The molecule has 0 aliphatic rings. The van der Waals surface area contributed by atoms with Crippen molar-refractivity contribution in [2.45, 2.75) is 40.2 Å². The van der Waals surface area contributed by atoms with Crippen molar-refractivity contribution in [2.24, 2.45) is 0 Å². The number of carbonyl (C=O) groups excluding carboxylic acids is 2. The number of aromatic nitrogens is 2. The Hall–Kier alpha value is -3.16. The Morgan fingerprint density at radius 1 is 1.29 bits per heavy atom. The van der Waals surface area contributed by atoms with E-state index in [2.05, 4.69) is 15.5 Å². The van der Waals surface area contributed by atoms with Gasteiger partial charge in [-0.3, -0.25) is 9.59 Å². The van der Waals surface area contributed by atoms with Gasteiger partial charge in [0.1, 0.15) is 5.69 Å². The number of aryl methyl sites for hydroxylation is 1. The van der Waals surface area contributed by atoms with Crippen LogP contribution in [0.4, 0.5) is 0 Å². The molecule has 0 aliphatic heterocycles. The fraction of sp³-hybridized carbons (Fsp3) is 0.400. The van der Waals surface area contributed by atoms with Crippen LogP contribution < -0.4 is 5.32 Å². The summed E-state index contributed by atoms with van der Waals surface area (Å²) in [5.41, 5.74) is 1.28. The minimum absolute atomic E-state index is 0.0448. The molecule has 0 fully saturated rings. The number of nitrogens with one attached hydrogen (secondary N) is 1. The summed E-state index contributed by atoms with van der Waals surface area (Å²) < 4.78 is 10.7. The van der Waals surface area contributed by atoms with Crippen LogP contribution in [-0.2, 0) is 4.79 Å². The third kappa shape index (κ3) is 4.05. The summed E-state index contributed by atoms with van der Waals surface area (Å²) in [5.74, 6) is -0.00195. The fourth-order valence-electron chi connectivity index (χ4n) is 2.94. The molecule has 0 aromatic carbocycles. The van der Waals surface area contributed by atoms with Gasteiger partial charge in [-0.25, -0.2) is 4.98 Å². The molecule has 148 valence electrons. The smallest absolute Gasteiger partial charge is 0.259 e. The highest BCUT2D eigenvalue weighted by Gasteiger charge is 2.25. The van der Waals surface area contributed by atoms with Gasteiger partial charge in [-0.15, -0.1) is 0 Å².